The van der Waals surface area contributed by atoms with Gasteiger partial charge in [0.2, 0.25) is 0 Å². The van der Waals surface area contributed by atoms with Crippen LogP contribution in [0.3, 0.4) is 0 Å². The summed E-state index contributed by atoms with van der Waals surface area (Å²) >= 11 is 0. The molecule has 0 bridgehead atoms. The fourth-order valence-electron chi connectivity index (χ4n) is 3.87. The molecule has 7 nitrogen and oxygen atoms in total. The zero-order valence-corrected chi connectivity index (χ0v) is 22.7. The number of guanidine groups is 1. The van der Waals surface area contributed by atoms with E-state index in [1.54, 1.807) is 7.11 Å². The predicted molar refractivity (Wildman–Crippen MR) is 148 cm³/mol. The molecule has 1 saturated heterocycles. The summed E-state index contributed by atoms with van der Waals surface area (Å²) in [6.07, 6.45) is 2.90. The monoisotopic (exact) mass is 566 g/mol. The van der Waals surface area contributed by atoms with Gasteiger partial charge in [-0.25, -0.2) is 9.98 Å². The van der Waals surface area contributed by atoms with E-state index in [-0.39, 0.29) is 24.0 Å². The zero-order chi connectivity index (χ0) is 22.8. The summed E-state index contributed by atoms with van der Waals surface area (Å²) in [6, 6.07) is 12.5. The molecule has 1 aliphatic heterocycles. The molecule has 1 aromatic carbocycles. The van der Waals surface area contributed by atoms with Gasteiger partial charge in [0.05, 0.1) is 13.7 Å². The number of nitrogens with zero attached hydrogens (tertiary/aromatic N) is 4. The van der Waals surface area contributed by atoms with E-state index in [2.05, 4.69) is 64.5 Å². The first-order valence-corrected chi connectivity index (χ1v) is 11.6. The van der Waals surface area contributed by atoms with Crippen molar-refractivity contribution < 1.29 is 4.74 Å². The number of nitrogens with one attached hydrogen (secondary N) is 2. The van der Waals surface area contributed by atoms with E-state index in [9.17, 15) is 0 Å². The van der Waals surface area contributed by atoms with E-state index < -0.39 is 0 Å². The lowest BCUT2D eigenvalue weighted by Crippen LogP contribution is -2.45. The van der Waals surface area contributed by atoms with Crippen LogP contribution in [0.25, 0.3) is 0 Å². The van der Waals surface area contributed by atoms with Gasteiger partial charge in [0.25, 0.3) is 0 Å². The molecule has 182 valence electrons. The smallest absolute Gasteiger partial charge is 0.191 e. The molecule has 0 radical (unpaired) electrons. The average Bonchev–Trinajstić information content (AvgIpc) is 2.83. The van der Waals surface area contributed by atoms with Crippen LogP contribution in [0.2, 0.25) is 0 Å². The molecule has 1 fully saturated rings. The summed E-state index contributed by atoms with van der Waals surface area (Å²) in [5, 5.41) is 6.86. The number of rotatable bonds is 9. The fourth-order valence-corrected chi connectivity index (χ4v) is 3.87. The largest absolute Gasteiger partial charge is 0.497 e. The summed E-state index contributed by atoms with van der Waals surface area (Å²) in [6.45, 7) is 10.8. The second kappa shape index (κ2) is 14.2. The minimum atomic E-state index is 0. The molecule has 0 spiro atoms. The lowest BCUT2D eigenvalue weighted by Gasteiger charge is -2.34. The summed E-state index contributed by atoms with van der Waals surface area (Å²) in [7, 11) is 3.87. The summed E-state index contributed by atoms with van der Waals surface area (Å²) < 4.78 is 5.26. The van der Waals surface area contributed by atoms with Crippen molar-refractivity contribution in [3.05, 3.63) is 53.7 Å². The lowest BCUT2D eigenvalue weighted by atomic mass is 9.98. The Balaban J connectivity index is 0.00000385. The molecule has 0 aliphatic carbocycles. The molecule has 3 rings (SSSR count). The summed E-state index contributed by atoms with van der Waals surface area (Å²) in [4.78, 5) is 14.3. The summed E-state index contributed by atoms with van der Waals surface area (Å²) in [5.74, 6) is 3.27. The molecule has 2 aromatic rings. The molecule has 0 saturated carbocycles. The van der Waals surface area contributed by atoms with Crippen LogP contribution in [0, 0.1) is 0 Å². The van der Waals surface area contributed by atoms with Gasteiger partial charge in [0.15, 0.2) is 5.96 Å². The fraction of sp³-hybridized carbons (Fsp3) is 0.520. The Morgan fingerprint density at radius 3 is 2.52 bits per heavy atom. The SMILES string of the molecule is CCNC(=NCc1cccnc1N1CCN(C)CC1)NCCC(C)c1ccc(OC)cc1.I. The number of hydrogen-bond acceptors (Lipinski definition) is 5. The highest BCUT2D eigenvalue weighted by molar-refractivity contribution is 14.0. The Kier molecular flexibility index (Phi) is 11.7. The first-order valence-electron chi connectivity index (χ1n) is 11.6. The van der Waals surface area contributed by atoms with Crippen LogP contribution >= 0.6 is 24.0 Å². The second-order valence-corrected chi connectivity index (χ2v) is 8.36. The third-order valence-corrected chi connectivity index (χ3v) is 5.98. The number of aliphatic imine (C=N–C) groups is 1. The Hall–Kier alpha value is -2.07. The average molecular weight is 567 g/mol. The van der Waals surface area contributed by atoms with E-state index in [0.717, 1.165) is 63.2 Å². The van der Waals surface area contributed by atoms with Crippen LogP contribution in [0.4, 0.5) is 5.82 Å². The van der Waals surface area contributed by atoms with Gasteiger partial charge in [-0.1, -0.05) is 25.1 Å². The number of likely N-dealkylation sites (N-methyl/N-ethyl adjacent to an activating group) is 1. The first-order chi connectivity index (χ1) is 15.6. The van der Waals surface area contributed by atoms with Crippen molar-refractivity contribution in [1.29, 1.82) is 0 Å². The highest BCUT2D eigenvalue weighted by atomic mass is 127. The number of anilines is 1. The molecule has 2 N–H and O–H groups in total. The van der Waals surface area contributed by atoms with Crippen molar-refractivity contribution in [2.75, 3.05) is 58.3 Å². The number of pyridine rings is 1. The molecule has 33 heavy (non-hydrogen) atoms. The number of halogens is 1. The minimum absolute atomic E-state index is 0. The lowest BCUT2D eigenvalue weighted by molar-refractivity contribution is 0.312. The number of aromatic nitrogens is 1. The van der Waals surface area contributed by atoms with E-state index in [4.69, 9.17) is 9.73 Å². The Bertz CT molecular complexity index is 852. The maximum absolute atomic E-state index is 5.26. The third kappa shape index (κ3) is 8.33. The van der Waals surface area contributed by atoms with Crippen molar-refractivity contribution in [1.82, 2.24) is 20.5 Å². The van der Waals surface area contributed by atoms with Gasteiger partial charge < -0.3 is 25.2 Å². The number of hydrogen-bond donors (Lipinski definition) is 2. The number of benzene rings is 1. The molecular formula is C25H39IN6O. The minimum Gasteiger partial charge on any atom is -0.497 e. The van der Waals surface area contributed by atoms with Gasteiger partial charge in [-0.15, -0.1) is 24.0 Å². The second-order valence-electron chi connectivity index (χ2n) is 8.36. The Morgan fingerprint density at radius 2 is 1.85 bits per heavy atom. The van der Waals surface area contributed by atoms with Crippen molar-refractivity contribution in [3.63, 3.8) is 0 Å². The third-order valence-electron chi connectivity index (χ3n) is 5.98. The quantitative estimate of drug-likeness (QED) is 0.274. The molecule has 2 heterocycles. The number of methoxy groups -OCH3 is 1. The van der Waals surface area contributed by atoms with Gasteiger partial charge in [-0.2, -0.15) is 0 Å². The topological polar surface area (TPSA) is 65.0 Å². The van der Waals surface area contributed by atoms with Gasteiger partial charge in [-0.05, 0) is 50.1 Å². The summed E-state index contributed by atoms with van der Waals surface area (Å²) in [5.41, 5.74) is 2.49. The molecule has 1 aromatic heterocycles. The van der Waals surface area contributed by atoms with Crippen LogP contribution < -0.4 is 20.3 Å². The highest BCUT2D eigenvalue weighted by Gasteiger charge is 2.17. The molecule has 1 atom stereocenters. The first kappa shape index (κ1) is 27.2. The maximum Gasteiger partial charge on any atom is 0.191 e. The van der Waals surface area contributed by atoms with Crippen LogP contribution in [0.1, 0.15) is 37.3 Å². The molecule has 8 heteroatoms. The van der Waals surface area contributed by atoms with Crippen molar-refractivity contribution in [3.8, 4) is 5.75 Å². The van der Waals surface area contributed by atoms with Crippen LogP contribution in [-0.2, 0) is 6.54 Å². The standard InChI is InChI=1S/C25H38N6O.HI/c1-5-26-25(28-14-12-20(2)21-8-10-23(32-4)11-9-21)29-19-22-7-6-13-27-24(22)31-17-15-30(3)16-18-31;/h6-11,13,20H,5,12,14-19H2,1-4H3,(H2,26,28,29);1H. The van der Waals surface area contributed by atoms with E-state index >= 15 is 0 Å². The van der Waals surface area contributed by atoms with Crippen molar-refractivity contribution >= 4 is 35.8 Å². The van der Waals surface area contributed by atoms with Crippen LogP contribution in [0.5, 0.6) is 5.75 Å². The zero-order valence-electron chi connectivity index (χ0n) is 20.4. The van der Waals surface area contributed by atoms with E-state index in [1.165, 1.54) is 11.1 Å². The van der Waals surface area contributed by atoms with E-state index in [1.807, 2.05) is 24.4 Å². The van der Waals surface area contributed by atoms with Crippen molar-refractivity contribution in [2.24, 2.45) is 4.99 Å². The number of piperazine rings is 1. The number of ether oxygens (including phenoxy) is 1. The molecular weight excluding hydrogens is 527 g/mol. The van der Waals surface area contributed by atoms with Gasteiger partial charge in [0.1, 0.15) is 11.6 Å². The predicted octanol–water partition coefficient (Wildman–Crippen LogP) is 3.71. The highest BCUT2D eigenvalue weighted by Crippen LogP contribution is 2.22. The Morgan fingerprint density at radius 1 is 1.12 bits per heavy atom. The van der Waals surface area contributed by atoms with Crippen molar-refractivity contribution in [2.45, 2.75) is 32.7 Å². The van der Waals surface area contributed by atoms with Crippen LogP contribution in [0.15, 0.2) is 47.6 Å². The van der Waals surface area contributed by atoms with Crippen LogP contribution in [-0.4, -0.2) is 69.3 Å². The van der Waals surface area contributed by atoms with Gasteiger partial charge in [-0.3, -0.25) is 0 Å². The van der Waals surface area contributed by atoms with E-state index in [0.29, 0.717) is 12.5 Å². The van der Waals surface area contributed by atoms with Gasteiger partial charge >= 0.3 is 0 Å². The maximum atomic E-state index is 5.26. The molecule has 0 amide bonds. The normalized spacial score (nSPS) is 15.5. The van der Waals surface area contributed by atoms with Gasteiger partial charge in [0, 0.05) is 51.0 Å². The molecule has 1 aliphatic rings. The Labute approximate surface area is 216 Å². The molecule has 1 unspecified atom stereocenters.